The highest BCUT2D eigenvalue weighted by molar-refractivity contribution is 7.80. The van der Waals surface area contributed by atoms with Crippen molar-refractivity contribution < 1.29 is 33.9 Å². The van der Waals surface area contributed by atoms with Gasteiger partial charge in [0.1, 0.15) is 16.7 Å². The first-order chi connectivity index (χ1) is 22.3. The molecule has 1 aliphatic heterocycles. The van der Waals surface area contributed by atoms with E-state index in [9.17, 15) is 38.7 Å². The van der Waals surface area contributed by atoms with Crippen molar-refractivity contribution in [2.24, 2.45) is 11.7 Å². The van der Waals surface area contributed by atoms with Gasteiger partial charge in [-0.1, -0.05) is 20.3 Å². The van der Waals surface area contributed by atoms with Crippen LogP contribution in [0, 0.1) is 5.92 Å². The lowest BCUT2D eigenvalue weighted by Crippen LogP contribution is -2.43. The van der Waals surface area contributed by atoms with Gasteiger partial charge in [-0.25, -0.2) is 9.78 Å². The van der Waals surface area contributed by atoms with Crippen LogP contribution in [0.5, 0.6) is 0 Å². The Kier molecular flexibility index (Phi) is 11.6. The van der Waals surface area contributed by atoms with Gasteiger partial charge < -0.3 is 31.4 Å². The Bertz CT molecular complexity index is 1630. The first-order valence-electron chi connectivity index (χ1n) is 15.6. The van der Waals surface area contributed by atoms with E-state index in [0.29, 0.717) is 34.7 Å². The number of aliphatic carboxylic acids is 1. The largest absolute Gasteiger partial charge is 0.480 e. The fourth-order valence-corrected chi connectivity index (χ4v) is 6.70. The van der Waals surface area contributed by atoms with Crippen LogP contribution in [-0.4, -0.2) is 67.9 Å². The smallest absolute Gasteiger partial charge is 0.327 e. The first-order valence-corrected chi connectivity index (χ1v) is 17.1. The second-order valence-corrected chi connectivity index (χ2v) is 13.5. The van der Waals surface area contributed by atoms with Gasteiger partial charge in [-0.3, -0.25) is 28.8 Å². The Labute approximate surface area is 280 Å². The van der Waals surface area contributed by atoms with E-state index in [1.165, 1.54) is 16.0 Å². The lowest BCUT2D eigenvalue weighted by molar-refractivity contribution is -0.138. The summed E-state index contributed by atoms with van der Waals surface area (Å²) >= 11 is 5.07. The summed E-state index contributed by atoms with van der Waals surface area (Å²) in [7, 11) is 0. The van der Waals surface area contributed by atoms with E-state index >= 15 is 0 Å². The van der Waals surface area contributed by atoms with Crippen LogP contribution in [0.15, 0.2) is 16.2 Å². The number of rotatable bonds is 18. The van der Waals surface area contributed by atoms with E-state index in [0.717, 1.165) is 30.6 Å². The van der Waals surface area contributed by atoms with Crippen molar-refractivity contribution in [2.45, 2.75) is 95.8 Å². The van der Waals surface area contributed by atoms with Crippen LogP contribution in [0.2, 0.25) is 0 Å². The van der Waals surface area contributed by atoms with Gasteiger partial charge in [0.25, 0.3) is 17.4 Å². The van der Waals surface area contributed by atoms with E-state index in [4.69, 9.17) is 5.73 Å². The van der Waals surface area contributed by atoms with Gasteiger partial charge in [0.05, 0.1) is 30.1 Å². The molecule has 2 aromatic rings. The van der Waals surface area contributed by atoms with Gasteiger partial charge in [-0.2, -0.15) is 12.6 Å². The van der Waals surface area contributed by atoms with Crippen molar-refractivity contribution in [1.29, 1.82) is 0 Å². The SMILES string of the molecule is CCCCC(=O)N[C@H](CC(N)=O)C(=O)C[C@@H](C)CCc1c2c(cc(=O)n1Cc1nc(C(=O)N[C@@H](CS)C(=O)O)cs1)C1(CC1)NC2=O. The second kappa shape index (κ2) is 15.2. The molecule has 4 rings (SSSR count). The van der Waals surface area contributed by atoms with Crippen LogP contribution >= 0.6 is 24.0 Å². The van der Waals surface area contributed by atoms with Crippen LogP contribution in [-0.2, 0) is 37.7 Å². The summed E-state index contributed by atoms with van der Waals surface area (Å²) in [4.78, 5) is 92.1. The first kappa shape index (κ1) is 35.8. The van der Waals surface area contributed by atoms with E-state index in [-0.39, 0.29) is 72.7 Å². The van der Waals surface area contributed by atoms with Crippen LogP contribution in [0.1, 0.15) is 102 Å². The third kappa shape index (κ3) is 8.66. The van der Waals surface area contributed by atoms with Crippen molar-refractivity contribution in [1.82, 2.24) is 25.5 Å². The van der Waals surface area contributed by atoms with Gasteiger partial charge >= 0.3 is 5.97 Å². The number of ketones is 1. The van der Waals surface area contributed by atoms with Crippen LogP contribution in [0.25, 0.3) is 0 Å². The minimum absolute atomic E-state index is 0.0112. The van der Waals surface area contributed by atoms with Crippen LogP contribution in [0.4, 0.5) is 0 Å². The monoisotopic (exact) mass is 688 g/mol. The number of fused-ring (bicyclic) bond motifs is 2. The van der Waals surface area contributed by atoms with Crippen LogP contribution in [0.3, 0.4) is 0 Å². The molecule has 0 saturated heterocycles. The number of thiazole rings is 1. The van der Waals surface area contributed by atoms with Gasteiger partial charge in [0, 0.05) is 35.7 Å². The minimum Gasteiger partial charge on any atom is -0.480 e. The number of nitrogens with zero attached hydrogens (tertiary/aromatic N) is 2. The number of carboxylic acid groups (broad SMARTS) is 1. The summed E-state index contributed by atoms with van der Waals surface area (Å²) in [5, 5.41) is 19.1. The number of hydrogen-bond donors (Lipinski definition) is 6. The number of thiol groups is 1. The standard InChI is InChI=1S/C31H40N6O8S2/c1-3-4-5-24(40)33-18(12-23(32)39)22(38)10-16(2)6-7-21-27-17(31(8-9-31)36-29(27)43)11-26(41)37(21)13-25-34-20(15-47-25)28(42)35-19(14-46)30(44)45/h11,15-16,18-19,46H,3-10,12-14H2,1-2H3,(H2,32,39)(H,33,40)(H,35,42)(H,36,43)(H,44,45)/t16-,18+,19-/m0/s1. The van der Waals surface area contributed by atoms with Crippen molar-refractivity contribution in [3.8, 4) is 0 Å². The van der Waals surface area contributed by atoms with Crippen molar-refractivity contribution >= 4 is 59.3 Å². The maximum atomic E-state index is 13.5. The molecule has 3 atom stereocenters. The number of unbranched alkanes of at least 4 members (excludes halogenated alkanes) is 1. The van der Waals surface area contributed by atoms with Gasteiger partial charge in [0.15, 0.2) is 5.78 Å². The van der Waals surface area contributed by atoms with E-state index in [2.05, 4.69) is 33.6 Å². The molecule has 0 radical (unpaired) electrons. The maximum Gasteiger partial charge on any atom is 0.327 e. The fourth-order valence-electron chi connectivity index (χ4n) is 5.69. The number of carboxylic acids is 1. The summed E-state index contributed by atoms with van der Waals surface area (Å²) in [6.07, 6.45) is 3.52. The Balaban J connectivity index is 1.54. The van der Waals surface area contributed by atoms with Crippen LogP contribution < -0.4 is 27.2 Å². The molecule has 4 amide bonds. The Morgan fingerprint density at radius 1 is 1.17 bits per heavy atom. The average molecular weight is 689 g/mol. The molecule has 0 bridgehead atoms. The van der Waals surface area contributed by atoms with E-state index < -0.39 is 35.4 Å². The van der Waals surface area contributed by atoms with Gasteiger partial charge in [-0.05, 0) is 43.6 Å². The zero-order chi connectivity index (χ0) is 34.5. The second-order valence-electron chi connectivity index (χ2n) is 12.2. The molecular weight excluding hydrogens is 649 g/mol. The molecule has 14 nitrogen and oxygen atoms in total. The van der Waals surface area contributed by atoms with Gasteiger partial charge in [-0.15, -0.1) is 11.3 Å². The number of amides is 4. The van der Waals surface area contributed by atoms with Crippen molar-refractivity contribution in [3.05, 3.63) is 49.3 Å². The zero-order valence-corrected chi connectivity index (χ0v) is 28.0. The number of hydrogen-bond acceptors (Lipinski definition) is 10. The third-order valence-electron chi connectivity index (χ3n) is 8.44. The molecule has 0 aromatic carbocycles. The summed E-state index contributed by atoms with van der Waals surface area (Å²) in [5.74, 6) is -3.93. The lowest BCUT2D eigenvalue weighted by Gasteiger charge is -2.20. The highest BCUT2D eigenvalue weighted by Crippen LogP contribution is 2.50. The predicted octanol–water partition coefficient (Wildman–Crippen LogP) is 1.28. The molecule has 2 aliphatic rings. The Morgan fingerprint density at radius 2 is 1.89 bits per heavy atom. The fraction of sp³-hybridized carbons (Fsp3) is 0.548. The number of aromatic nitrogens is 2. The number of Topliss-reactive ketones (excluding diaryl/α,β-unsaturated/α-hetero) is 1. The highest BCUT2D eigenvalue weighted by atomic mass is 32.1. The minimum atomic E-state index is -1.24. The third-order valence-corrected chi connectivity index (χ3v) is 9.64. The number of carbonyl (C=O) groups is 6. The summed E-state index contributed by atoms with van der Waals surface area (Å²) < 4.78 is 1.45. The molecule has 1 fully saturated rings. The molecule has 3 heterocycles. The van der Waals surface area contributed by atoms with Crippen molar-refractivity contribution in [2.75, 3.05) is 5.75 Å². The normalized spacial score (nSPS) is 16.1. The number of carbonyl (C=O) groups excluding carboxylic acids is 5. The molecule has 1 aliphatic carbocycles. The quantitative estimate of drug-likeness (QED) is 0.124. The molecule has 2 aromatic heterocycles. The molecule has 1 spiro atoms. The number of pyridine rings is 1. The molecule has 6 N–H and O–H groups in total. The molecule has 254 valence electrons. The topological polar surface area (TPSA) is 220 Å². The van der Waals surface area contributed by atoms with Gasteiger partial charge in [0.2, 0.25) is 11.8 Å². The molecule has 1 saturated carbocycles. The Hall–Kier alpha value is -4.05. The maximum absolute atomic E-state index is 13.5. The van der Waals surface area contributed by atoms with E-state index in [1.54, 1.807) is 0 Å². The molecular formula is C31H40N6O8S2. The zero-order valence-electron chi connectivity index (χ0n) is 26.3. The number of nitrogens with one attached hydrogen (secondary N) is 3. The van der Waals surface area contributed by atoms with E-state index in [1.807, 2.05) is 13.8 Å². The molecule has 16 heteroatoms. The summed E-state index contributed by atoms with van der Waals surface area (Å²) in [5.41, 5.74) is 6.01. The lowest BCUT2D eigenvalue weighted by atomic mass is 9.92. The Morgan fingerprint density at radius 3 is 2.51 bits per heavy atom. The average Bonchev–Trinajstić information content (AvgIpc) is 3.53. The summed E-state index contributed by atoms with van der Waals surface area (Å²) in [6, 6.07) is -0.765. The number of primary amides is 1. The highest BCUT2D eigenvalue weighted by Gasteiger charge is 2.53. The summed E-state index contributed by atoms with van der Waals surface area (Å²) in [6.45, 7) is 3.74. The molecule has 0 unspecified atom stereocenters. The molecule has 47 heavy (non-hydrogen) atoms. The van der Waals surface area contributed by atoms with Crippen molar-refractivity contribution in [3.63, 3.8) is 0 Å². The number of nitrogens with two attached hydrogens (primary N) is 1. The predicted molar refractivity (Wildman–Crippen MR) is 175 cm³/mol.